The van der Waals surface area contributed by atoms with E-state index in [0.29, 0.717) is 18.3 Å². The van der Waals surface area contributed by atoms with Crippen LogP contribution in [0.4, 0.5) is 5.82 Å². The number of aromatic nitrogens is 2. The number of anilines is 1. The van der Waals surface area contributed by atoms with Gasteiger partial charge in [-0.2, -0.15) is 5.10 Å². The van der Waals surface area contributed by atoms with Gasteiger partial charge in [0, 0.05) is 31.6 Å². The summed E-state index contributed by atoms with van der Waals surface area (Å²) in [5, 5.41) is 10.7. The highest BCUT2D eigenvalue weighted by Crippen LogP contribution is 2.19. The van der Waals surface area contributed by atoms with E-state index in [1.165, 1.54) is 12.8 Å². The molecule has 0 saturated carbocycles. The molecule has 130 valence electrons. The molecule has 7 heteroatoms. The first kappa shape index (κ1) is 18.2. The van der Waals surface area contributed by atoms with Crippen LogP contribution in [0.5, 0.6) is 0 Å². The van der Waals surface area contributed by atoms with Crippen LogP contribution in [0.1, 0.15) is 32.1 Å². The number of nitrogens with one attached hydrogen (secondary N) is 2. The Morgan fingerprint density at radius 3 is 2.91 bits per heavy atom. The van der Waals surface area contributed by atoms with E-state index in [4.69, 9.17) is 4.74 Å². The van der Waals surface area contributed by atoms with Crippen LogP contribution in [0.15, 0.2) is 12.3 Å². The molecule has 3 heterocycles. The molecule has 0 bridgehead atoms. The number of amides is 1. The Hall–Kier alpha value is -1.11. The molecular weight excluding hydrogens is 316 g/mol. The lowest BCUT2D eigenvalue weighted by Crippen LogP contribution is -2.28. The van der Waals surface area contributed by atoms with Gasteiger partial charge in [0.2, 0.25) is 5.91 Å². The van der Waals surface area contributed by atoms with Crippen molar-refractivity contribution in [1.82, 2.24) is 15.1 Å². The standard InChI is InChI=1S/C16H26N4O2.ClH/c21-16(2-1-13-3-7-17-8-4-13)19-15-5-9-18-20(15)11-14-6-10-22-12-14;/h5,9,13-14,17H,1-4,6-8,10-12H2,(H,19,21);1H. The van der Waals surface area contributed by atoms with Crippen LogP contribution >= 0.6 is 12.4 Å². The molecule has 1 amide bonds. The molecule has 0 aromatic carbocycles. The zero-order chi connectivity index (χ0) is 15.2. The number of halogens is 1. The van der Waals surface area contributed by atoms with Crippen molar-refractivity contribution < 1.29 is 9.53 Å². The number of piperidine rings is 1. The van der Waals surface area contributed by atoms with Crippen LogP contribution < -0.4 is 10.6 Å². The predicted octanol–water partition coefficient (Wildman–Crippen LogP) is 2.06. The highest BCUT2D eigenvalue weighted by molar-refractivity contribution is 5.89. The molecule has 2 saturated heterocycles. The van der Waals surface area contributed by atoms with Crippen molar-refractivity contribution in [2.45, 2.75) is 38.6 Å². The fraction of sp³-hybridized carbons (Fsp3) is 0.750. The molecule has 2 N–H and O–H groups in total. The summed E-state index contributed by atoms with van der Waals surface area (Å²) in [6.07, 6.45) is 6.78. The Labute approximate surface area is 143 Å². The number of carbonyl (C=O) groups is 1. The molecule has 2 aliphatic rings. The lowest BCUT2D eigenvalue weighted by Gasteiger charge is -2.22. The average molecular weight is 343 g/mol. The minimum atomic E-state index is 0. The monoisotopic (exact) mass is 342 g/mol. The van der Waals surface area contributed by atoms with Crippen LogP contribution in [0, 0.1) is 11.8 Å². The number of hydrogen-bond acceptors (Lipinski definition) is 4. The Morgan fingerprint density at radius 2 is 2.17 bits per heavy atom. The quantitative estimate of drug-likeness (QED) is 0.830. The minimum absolute atomic E-state index is 0. The van der Waals surface area contributed by atoms with E-state index in [9.17, 15) is 4.79 Å². The van der Waals surface area contributed by atoms with E-state index in [2.05, 4.69) is 15.7 Å². The van der Waals surface area contributed by atoms with E-state index in [1.807, 2.05) is 10.7 Å². The van der Waals surface area contributed by atoms with Crippen LogP contribution in [0.3, 0.4) is 0 Å². The second kappa shape index (κ2) is 9.25. The molecule has 0 radical (unpaired) electrons. The molecule has 1 atom stereocenters. The Bertz CT molecular complexity index is 482. The van der Waals surface area contributed by atoms with Crippen molar-refractivity contribution in [3.8, 4) is 0 Å². The Morgan fingerprint density at radius 1 is 1.35 bits per heavy atom. The van der Waals surface area contributed by atoms with Crippen molar-refractivity contribution in [1.29, 1.82) is 0 Å². The fourth-order valence-electron chi connectivity index (χ4n) is 3.27. The third-order valence-corrected chi connectivity index (χ3v) is 4.68. The van der Waals surface area contributed by atoms with Crippen LogP contribution in [-0.4, -0.2) is 42.0 Å². The van der Waals surface area contributed by atoms with Gasteiger partial charge in [-0.05, 0) is 44.7 Å². The molecule has 1 aromatic rings. The molecule has 1 unspecified atom stereocenters. The number of hydrogen-bond donors (Lipinski definition) is 2. The summed E-state index contributed by atoms with van der Waals surface area (Å²) in [4.78, 5) is 12.1. The molecule has 0 aliphatic carbocycles. The third kappa shape index (κ3) is 5.48. The van der Waals surface area contributed by atoms with E-state index in [0.717, 1.165) is 51.5 Å². The van der Waals surface area contributed by atoms with Gasteiger partial charge in [0.1, 0.15) is 5.82 Å². The van der Waals surface area contributed by atoms with Crippen molar-refractivity contribution >= 4 is 24.1 Å². The molecule has 1 aromatic heterocycles. The highest BCUT2D eigenvalue weighted by atomic mass is 35.5. The van der Waals surface area contributed by atoms with Crippen LogP contribution in [-0.2, 0) is 16.1 Å². The molecule has 0 spiro atoms. The van der Waals surface area contributed by atoms with Gasteiger partial charge in [-0.25, -0.2) is 4.68 Å². The predicted molar refractivity (Wildman–Crippen MR) is 91.9 cm³/mol. The van der Waals surface area contributed by atoms with Crippen molar-refractivity contribution in [3.05, 3.63) is 12.3 Å². The summed E-state index contributed by atoms with van der Waals surface area (Å²) in [6.45, 7) is 4.62. The van der Waals surface area contributed by atoms with Gasteiger partial charge < -0.3 is 15.4 Å². The van der Waals surface area contributed by atoms with Gasteiger partial charge in [-0.1, -0.05) is 0 Å². The summed E-state index contributed by atoms with van der Waals surface area (Å²) in [5.41, 5.74) is 0. The first-order valence-electron chi connectivity index (χ1n) is 8.41. The summed E-state index contributed by atoms with van der Waals surface area (Å²) in [5.74, 6) is 2.10. The highest BCUT2D eigenvalue weighted by Gasteiger charge is 2.19. The Kier molecular flexibility index (Phi) is 7.33. The topological polar surface area (TPSA) is 68.2 Å². The first-order valence-corrected chi connectivity index (χ1v) is 8.41. The maximum absolute atomic E-state index is 12.1. The summed E-state index contributed by atoms with van der Waals surface area (Å²) >= 11 is 0. The second-order valence-electron chi connectivity index (χ2n) is 6.41. The van der Waals surface area contributed by atoms with Gasteiger partial charge in [0.05, 0.1) is 12.8 Å². The molecule has 6 nitrogen and oxygen atoms in total. The summed E-state index contributed by atoms with van der Waals surface area (Å²) in [7, 11) is 0. The lowest BCUT2D eigenvalue weighted by atomic mass is 9.93. The van der Waals surface area contributed by atoms with Gasteiger partial charge in [-0.15, -0.1) is 12.4 Å². The smallest absolute Gasteiger partial charge is 0.225 e. The van der Waals surface area contributed by atoms with E-state index in [1.54, 1.807) is 6.20 Å². The maximum atomic E-state index is 12.1. The van der Waals surface area contributed by atoms with Gasteiger partial charge in [-0.3, -0.25) is 4.79 Å². The molecule has 2 fully saturated rings. The first-order chi connectivity index (χ1) is 10.8. The van der Waals surface area contributed by atoms with Crippen LogP contribution in [0.25, 0.3) is 0 Å². The average Bonchev–Trinajstić information content (AvgIpc) is 3.20. The van der Waals surface area contributed by atoms with Gasteiger partial charge in [0.25, 0.3) is 0 Å². The maximum Gasteiger partial charge on any atom is 0.225 e. The van der Waals surface area contributed by atoms with E-state index >= 15 is 0 Å². The largest absolute Gasteiger partial charge is 0.381 e. The number of rotatable bonds is 6. The number of nitrogens with zero attached hydrogens (tertiary/aromatic N) is 2. The second-order valence-corrected chi connectivity index (χ2v) is 6.41. The zero-order valence-corrected chi connectivity index (χ0v) is 14.3. The van der Waals surface area contributed by atoms with Gasteiger partial charge >= 0.3 is 0 Å². The van der Waals surface area contributed by atoms with Gasteiger partial charge in [0.15, 0.2) is 0 Å². The van der Waals surface area contributed by atoms with Crippen LogP contribution in [0.2, 0.25) is 0 Å². The normalized spacial score (nSPS) is 21.8. The van der Waals surface area contributed by atoms with Crippen molar-refractivity contribution in [2.75, 3.05) is 31.6 Å². The molecule has 23 heavy (non-hydrogen) atoms. The SMILES string of the molecule is Cl.O=C(CCC1CCNCC1)Nc1ccnn1CC1CCOC1. The fourth-order valence-corrected chi connectivity index (χ4v) is 3.27. The minimum Gasteiger partial charge on any atom is -0.381 e. The number of carbonyl (C=O) groups excluding carboxylic acids is 1. The summed E-state index contributed by atoms with van der Waals surface area (Å²) in [6, 6.07) is 1.87. The van der Waals surface area contributed by atoms with Crippen molar-refractivity contribution in [3.63, 3.8) is 0 Å². The third-order valence-electron chi connectivity index (χ3n) is 4.68. The molecular formula is C16H27ClN4O2. The van der Waals surface area contributed by atoms with E-state index < -0.39 is 0 Å². The Balaban J connectivity index is 0.00000192. The molecule has 2 aliphatic heterocycles. The van der Waals surface area contributed by atoms with Crippen molar-refractivity contribution in [2.24, 2.45) is 11.8 Å². The summed E-state index contributed by atoms with van der Waals surface area (Å²) < 4.78 is 7.29. The van der Waals surface area contributed by atoms with E-state index in [-0.39, 0.29) is 18.3 Å². The molecule has 3 rings (SSSR count). The zero-order valence-electron chi connectivity index (χ0n) is 13.5. The lowest BCUT2D eigenvalue weighted by molar-refractivity contribution is -0.116. The number of ether oxygens (including phenoxy) is 1.